The number of hydrogen-bond donors (Lipinski definition) is 0. The minimum Gasteiger partial charge on any atom is -0.482 e. The van der Waals surface area contributed by atoms with Crippen LogP contribution in [0.5, 0.6) is 5.75 Å². The first kappa shape index (κ1) is 21.2. The maximum Gasteiger partial charge on any atom is 0.260 e. The summed E-state index contributed by atoms with van der Waals surface area (Å²) < 4.78 is 32.3. The Kier molecular flexibility index (Phi) is 6.73. The number of ether oxygens (including phenoxy) is 1. The molecule has 0 spiro atoms. The molecule has 28 heavy (non-hydrogen) atoms. The molecule has 1 amide bonds. The second kappa shape index (κ2) is 8.88. The number of nitrogens with zero attached hydrogens (tertiary/aromatic N) is 2. The lowest BCUT2D eigenvalue weighted by molar-refractivity contribution is -0.134. The smallest absolute Gasteiger partial charge is 0.260 e. The van der Waals surface area contributed by atoms with Crippen LogP contribution in [0.1, 0.15) is 0 Å². The van der Waals surface area contributed by atoms with Crippen molar-refractivity contribution in [2.45, 2.75) is 4.90 Å². The summed E-state index contributed by atoms with van der Waals surface area (Å²) in [6.45, 7) is 0.695. The summed E-state index contributed by atoms with van der Waals surface area (Å²) in [5, 5.41) is 0.963. The third-order valence-corrected chi connectivity index (χ3v) is 7.22. The minimum atomic E-state index is -3.70. The van der Waals surface area contributed by atoms with Crippen LogP contribution in [0, 0.1) is 0 Å². The average molecular weight is 464 g/mol. The Bertz CT molecular complexity index is 977. The lowest BCUT2D eigenvalue weighted by Crippen LogP contribution is -2.51. The van der Waals surface area contributed by atoms with Crippen molar-refractivity contribution in [3.05, 3.63) is 57.5 Å². The molecule has 0 N–H and O–H groups in total. The van der Waals surface area contributed by atoms with E-state index in [1.54, 1.807) is 29.2 Å². The van der Waals surface area contributed by atoms with Crippen molar-refractivity contribution in [3.8, 4) is 5.75 Å². The van der Waals surface area contributed by atoms with Crippen LogP contribution in [-0.4, -0.2) is 56.3 Å². The van der Waals surface area contributed by atoms with E-state index < -0.39 is 10.0 Å². The molecule has 6 nitrogen and oxygen atoms in total. The fourth-order valence-corrected chi connectivity index (χ4v) is 5.17. The van der Waals surface area contributed by atoms with Gasteiger partial charge in [-0.3, -0.25) is 4.79 Å². The zero-order valence-electron chi connectivity index (χ0n) is 14.6. The normalized spacial score (nSPS) is 15.5. The number of hydrogen-bond acceptors (Lipinski definition) is 4. The number of carbonyl (C=O) groups excluding carboxylic acids is 1. The van der Waals surface area contributed by atoms with Crippen molar-refractivity contribution < 1.29 is 17.9 Å². The van der Waals surface area contributed by atoms with Gasteiger partial charge < -0.3 is 9.64 Å². The molecule has 1 heterocycles. The number of amides is 1. The molecule has 3 rings (SSSR count). The first-order valence-corrected chi connectivity index (χ1v) is 11.0. The van der Waals surface area contributed by atoms with E-state index in [9.17, 15) is 13.2 Å². The van der Waals surface area contributed by atoms with Crippen LogP contribution < -0.4 is 4.74 Å². The molecule has 1 fully saturated rings. The third kappa shape index (κ3) is 4.72. The topological polar surface area (TPSA) is 66.9 Å². The molecule has 0 aromatic heterocycles. The highest BCUT2D eigenvalue weighted by Crippen LogP contribution is 2.28. The lowest BCUT2D eigenvalue weighted by atomic mass is 10.3. The van der Waals surface area contributed by atoms with Gasteiger partial charge in [0.15, 0.2) is 6.61 Å². The van der Waals surface area contributed by atoms with Gasteiger partial charge in [-0.1, -0.05) is 46.9 Å². The van der Waals surface area contributed by atoms with Crippen molar-refractivity contribution >= 4 is 50.7 Å². The van der Waals surface area contributed by atoms with E-state index in [1.807, 2.05) is 0 Å². The molecule has 0 atom stereocenters. The van der Waals surface area contributed by atoms with E-state index in [1.165, 1.54) is 22.5 Å². The Morgan fingerprint density at radius 3 is 2.29 bits per heavy atom. The SMILES string of the molecule is O=C(COc1ccc(Cl)cc1Cl)N1CCN(S(=O)(=O)c2ccccc2Cl)CC1. The Labute approximate surface area is 178 Å². The van der Waals surface area contributed by atoms with Gasteiger partial charge in [-0.15, -0.1) is 0 Å². The molecule has 2 aromatic carbocycles. The summed E-state index contributed by atoms with van der Waals surface area (Å²) in [4.78, 5) is 14.0. The molecule has 10 heteroatoms. The largest absolute Gasteiger partial charge is 0.482 e. The average Bonchev–Trinajstić information content (AvgIpc) is 2.67. The van der Waals surface area contributed by atoms with Gasteiger partial charge in [-0.2, -0.15) is 4.31 Å². The maximum atomic E-state index is 12.7. The van der Waals surface area contributed by atoms with Gasteiger partial charge in [0.05, 0.1) is 10.0 Å². The van der Waals surface area contributed by atoms with Crippen molar-refractivity contribution in [1.29, 1.82) is 0 Å². The number of carbonyl (C=O) groups is 1. The van der Waals surface area contributed by atoms with Crippen molar-refractivity contribution in [2.75, 3.05) is 32.8 Å². The molecule has 1 saturated heterocycles. The van der Waals surface area contributed by atoms with Gasteiger partial charge in [0.2, 0.25) is 10.0 Å². The first-order chi connectivity index (χ1) is 13.3. The first-order valence-electron chi connectivity index (χ1n) is 8.39. The molecular formula is C18H17Cl3N2O4S. The third-order valence-electron chi connectivity index (χ3n) is 4.29. The van der Waals surface area contributed by atoms with Gasteiger partial charge in [-0.25, -0.2) is 8.42 Å². The van der Waals surface area contributed by atoms with Crippen molar-refractivity contribution in [2.24, 2.45) is 0 Å². The predicted molar refractivity (Wildman–Crippen MR) is 109 cm³/mol. The van der Waals surface area contributed by atoms with Crippen molar-refractivity contribution in [1.82, 2.24) is 9.21 Å². The molecule has 2 aromatic rings. The van der Waals surface area contributed by atoms with Crippen LogP contribution in [0.2, 0.25) is 15.1 Å². The van der Waals surface area contributed by atoms with Gasteiger partial charge in [0.25, 0.3) is 5.91 Å². The standard InChI is InChI=1S/C18H17Cl3N2O4S/c19-13-5-6-16(15(21)11-13)27-12-18(24)22-7-9-23(10-8-22)28(25,26)17-4-2-1-3-14(17)20/h1-6,11H,7-10,12H2. The highest BCUT2D eigenvalue weighted by molar-refractivity contribution is 7.89. The number of piperazine rings is 1. The Hall–Kier alpha value is -1.51. The van der Waals surface area contributed by atoms with Gasteiger partial charge in [0, 0.05) is 31.2 Å². The lowest BCUT2D eigenvalue weighted by Gasteiger charge is -2.34. The summed E-state index contributed by atoms with van der Waals surface area (Å²) >= 11 is 17.9. The van der Waals surface area contributed by atoms with Gasteiger partial charge >= 0.3 is 0 Å². The molecular weight excluding hydrogens is 447 g/mol. The van der Waals surface area contributed by atoms with E-state index in [0.29, 0.717) is 15.8 Å². The highest BCUT2D eigenvalue weighted by Gasteiger charge is 2.31. The predicted octanol–water partition coefficient (Wildman–Crippen LogP) is 3.56. The Balaban J connectivity index is 1.57. The van der Waals surface area contributed by atoms with E-state index in [2.05, 4.69) is 0 Å². The summed E-state index contributed by atoms with van der Waals surface area (Å²) in [6.07, 6.45) is 0. The summed E-state index contributed by atoms with van der Waals surface area (Å²) in [6, 6.07) is 11.0. The molecule has 1 aliphatic rings. The van der Waals surface area contributed by atoms with Crippen LogP contribution in [0.4, 0.5) is 0 Å². The Morgan fingerprint density at radius 2 is 1.64 bits per heavy atom. The maximum absolute atomic E-state index is 12.7. The zero-order chi connectivity index (χ0) is 20.3. The number of halogens is 3. The fraction of sp³-hybridized carbons (Fsp3) is 0.278. The number of sulfonamides is 1. The molecule has 0 bridgehead atoms. The summed E-state index contributed by atoms with van der Waals surface area (Å²) in [5.41, 5.74) is 0. The van der Waals surface area contributed by atoms with Gasteiger partial charge in [0.1, 0.15) is 10.6 Å². The van der Waals surface area contributed by atoms with E-state index >= 15 is 0 Å². The minimum absolute atomic E-state index is 0.0668. The van der Waals surface area contributed by atoms with E-state index in [-0.39, 0.29) is 48.6 Å². The summed E-state index contributed by atoms with van der Waals surface area (Å²) in [5.74, 6) is 0.111. The molecule has 1 aliphatic heterocycles. The second-order valence-corrected chi connectivity index (χ2v) is 9.24. The summed E-state index contributed by atoms with van der Waals surface area (Å²) in [7, 11) is -3.70. The van der Waals surface area contributed by atoms with Crippen LogP contribution in [0.15, 0.2) is 47.4 Å². The van der Waals surface area contributed by atoms with Crippen LogP contribution in [0.25, 0.3) is 0 Å². The molecule has 0 unspecified atom stereocenters. The van der Waals surface area contributed by atoms with Crippen molar-refractivity contribution in [3.63, 3.8) is 0 Å². The molecule has 0 saturated carbocycles. The van der Waals surface area contributed by atoms with Crippen LogP contribution in [-0.2, 0) is 14.8 Å². The number of rotatable bonds is 5. The molecule has 0 aliphatic carbocycles. The van der Waals surface area contributed by atoms with Crippen LogP contribution in [0.3, 0.4) is 0 Å². The zero-order valence-corrected chi connectivity index (χ0v) is 17.7. The van der Waals surface area contributed by atoms with E-state index in [4.69, 9.17) is 39.5 Å². The van der Waals surface area contributed by atoms with E-state index in [0.717, 1.165) is 0 Å². The molecule has 0 radical (unpaired) electrons. The quantitative estimate of drug-likeness (QED) is 0.680. The highest BCUT2D eigenvalue weighted by atomic mass is 35.5. The monoisotopic (exact) mass is 462 g/mol. The van der Waals surface area contributed by atoms with Gasteiger partial charge in [-0.05, 0) is 30.3 Å². The molecule has 150 valence electrons. The number of benzene rings is 2. The second-order valence-electron chi connectivity index (χ2n) is 6.08. The fourth-order valence-electron chi connectivity index (χ4n) is 2.79. The van der Waals surface area contributed by atoms with Crippen LogP contribution >= 0.6 is 34.8 Å². The Morgan fingerprint density at radius 1 is 0.964 bits per heavy atom.